The van der Waals surface area contributed by atoms with Crippen LogP contribution in [0, 0.1) is 0 Å². The minimum absolute atomic E-state index is 0. The summed E-state index contributed by atoms with van der Waals surface area (Å²) < 4.78 is 10.7. The van der Waals surface area contributed by atoms with E-state index in [1.807, 2.05) is 38.2 Å². The van der Waals surface area contributed by atoms with E-state index in [9.17, 15) is 4.79 Å². The third-order valence-electron chi connectivity index (χ3n) is 3.59. The molecule has 124 valence electrons. The van der Waals surface area contributed by atoms with Crippen molar-refractivity contribution in [3.63, 3.8) is 0 Å². The molecule has 1 aliphatic rings. The van der Waals surface area contributed by atoms with Gasteiger partial charge >= 0.3 is 0 Å². The molecular weight excluding hydrogens is 320 g/mol. The number of likely N-dealkylation sites (N-methyl/N-ethyl adjacent to an activating group) is 1. The maximum atomic E-state index is 12.1. The maximum absolute atomic E-state index is 12.1. The van der Waals surface area contributed by atoms with Crippen molar-refractivity contribution in [2.24, 2.45) is 0 Å². The summed E-state index contributed by atoms with van der Waals surface area (Å²) in [5, 5.41) is 7.08. The number of nitrogens with zero attached hydrogens (tertiary/aromatic N) is 3. The first-order valence-corrected chi connectivity index (χ1v) is 7.18. The standard InChI is InChI=1S/C15H18N4O3.ClH/c1-10(16-2)7-13-17-14(22-18-13)8-19-11-5-3-4-6-12(11)21-9-15(19)20;/h3-6,10,16H,7-9H2,1-2H3;1H. The number of hydrogen-bond donors (Lipinski definition) is 1. The number of fused-ring (bicyclic) bond motifs is 1. The molecule has 2 heterocycles. The van der Waals surface area contributed by atoms with Crippen molar-refractivity contribution in [3.8, 4) is 5.75 Å². The second-order valence-corrected chi connectivity index (χ2v) is 5.23. The van der Waals surface area contributed by atoms with Gasteiger partial charge in [-0.25, -0.2) is 0 Å². The SMILES string of the molecule is CNC(C)Cc1noc(CN2C(=O)COc3ccccc32)n1.Cl. The van der Waals surface area contributed by atoms with Crippen molar-refractivity contribution in [2.75, 3.05) is 18.6 Å². The van der Waals surface area contributed by atoms with Crippen LogP contribution < -0.4 is 15.0 Å². The summed E-state index contributed by atoms with van der Waals surface area (Å²) in [6.45, 7) is 2.31. The molecule has 0 bridgehead atoms. The highest BCUT2D eigenvalue weighted by atomic mass is 35.5. The van der Waals surface area contributed by atoms with Crippen molar-refractivity contribution in [2.45, 2.75) is 25.9 Å². The third kappa shape index (κ3) is 3.80. The van der Waals surface area contributed by atoms with Gasteiger partial charge in [-0.15, -0.1) is 12.4 Å². The van der Waals surface area contributed by atoms with Crippen LogP contribution in [-0.4, -0.2) is 35.7 Å². The Morgan fingerprint density at radius 2 is 2.17 bits per heavy atom. The van der Waals surface area contributed by atoms with Gasteiger partial charge in [0.25, 0.3) is 5.91 Å². The number of nitrogens with one attached hydrogen (secondary N) is 1. The van der Waals surface area contributed by atoms with E-state index >= 15 is 0 Å². The number of hydrogen-bond acceptors (Lipinski definition) is 6. The number of rotatable bonds is 5. The second-order valence-electron chi connectivity index (χ2n) is 5.23. The van der Waals surface area contributed by atoms with Gasteiger partial charge in [-0.1, -0.05) is 17.3 Å². The number of halogens is 1. The number of carbonyl (C=O) groups is 1. The fraction of sp³-hybridized carbons (Fsp3) is 0.400. The molecule has 1 aliphatic heterocycles. The van der Waals surface area contributed by atoms with Gasteiger partial charge in [-0.05, 0) is 26.1 Å². The minimum Gasteiger partial charge on any atom is -0.482 e. The highest BCUT2D eigenvalue weighted by molar-refractivity contribution is 5.97. The Balaban J connectivity index is 0.00000192. The number of amides is 1. The molecule has 0 radical (unpaired) electrons. The summed E-state index contributed by atoms with van der Waals surface area (Å²) in [6.07, 6.45) is 0.674. The Kier molecular flexibility index (Phi) is 5.57. The largest absolute Gasteiger partial charge is 0.482 e. The number of carbonyl (C=O) groups excluding carboxylic acids is 1. The molecule has 1 atom stereocenters. The normalized spacial score (nSPS) is 14.7. The van der Waals surface area contributed by atoms with E-state index in [2.05, 4.69) is 15.5 Å². The lowest BCUT2D eigenvalue weighted by Gasteiger charge is -2.27. The zero-order valence-corrected chi connectivity index (χ0v) is 13.8. The monoisotopic (exact) mass is 338 g/mol. The Hall–Kier alpha value is -2.12. The van der Waals surface area contributed by atoms with Crippen molar-refractivity contribution in [3.05, 3.63) is 36.0 Å². The van der Waals surface area contributed by atoms with Gasteiger partial charge < -0.3 is 14.6 Å². The first-order chi connectivity index (χ1) is 10.7. The number of benzene rings is 1. The molecule has 0 fully saturated rings. The molecule has 0 saturated carbocycles. The van der Waals surface area contributed by atoms with Crippen LogP contribution in [0.5, 0.6) is 5.75 Å². The molecule has 1 amide bonds. The van der Waals surface area contributed by atoms with Crippen molar-refractivity contribution in [1.29, 1.82) is 0 Å². The van der Waals surface area contributed by atoms with Crippen LogP contribution in [0.4, 0.5) is 5.69 Å². The maximum Gasteiger partial charge on any atom is 0.265 e. The second kappa shape index (κ2) is 7.43. The van der Waals surface area contributed by atoms with Gasteiger partial charge in [0.05, 0.1) is 5.69 Å². The van der Waals surface area contributed by atoms with Crippen molar-refractivity contribution < 1.29 is 14.1 Å². The fourth-order valence-corrected chi connectivity index (χ4v) is 2.28. The Morgan fingerprint density at radius 3 is 2.96 bits per heavy atom. The van der Waals surface area contributed by atoms with E-state index in [1.165, 1.54) is 0 Å². The number of ether oxygens (including phenoxy) is 1. The molecule has 1 unspecified atom stereocenters. The molecule has 0 aliphatic carbocycles. The van der Waals surface area contributed by atoms with Gasteiger partial charge in [0, 0.05) is 12.5 Å². The Bertz CT molecular complexity index is 676. The van der Waals surface area contributed by atoms with Gasteiger partial charge in [-0.3, -0.25) is 9.69 Å². The number of anilines is 1. The lowest BCUT2D eigenvalue weighted by Crippen LogP contribution is -2.38. The molecule has 2 aromatic rings. The highest BCUT2D eigenvalue weighted by Crippen LogP contribution is 2.32. The van der Waals surface area contributed by atoms with Crippen LogP contribution in [-0.2, 0) is 17.8 Å². The van der Waals surface area contributed by atoms with Gasteiger partial charge in [0.1, 0.15) is 12.3 Å². The predicted molar refractivity (Wildman–Crippen MR) is 86.9 cm³/mol. The van der Waals surface area contributed by atoms with Crippen LogP contribution in [0.1, 0.15) is 18.6 Å². The van der Waals surface area contributed by atoms with Crippen LogP contribution in [0.25, 0.3) is 0 Å². The average molecular weight is 339 g/mol. The molecule has 8 heteroatoms. The number of aromatic nitrogens is 2. The molecule has 1 N–H and O–H groups in total. The zero-order chi connectivity index (χ0) is 15.5. The molecular formula is C15H19ClN4O3. The van der Waals surface area contributed by atoms with E-state index < -0.39 is 0 Å². The molecule has 3 rings (SSSR count). The Labute approximate surface area is 140 Å². The summed E-state index contributed by atoms with van der Waals surface area (Å²) in [4.78, 5) is 18.0. The van der Waals surface area contributed by atoms with E-state index in [1.54, 1.807) is 4.90 Å². The van der Waals surface area contributed by atoms with Crippen molar-refractivity contribution >= 4 is 24.0 Å². The van der Waals surface area contributed by atoms with E-state index in [0.717, 1.165) is 5.69 Å². The summed E-state index contributed by atoms with van der Waals surface area (Å²) in [7, 11) is 1.88. The highest BCUT2D eigenvalue weighted by Gasteiger charge is 2.27. The average Bonchev–Trinajstić information content (AvgIpc) is 2.97. The van der Waals surface area contributed by atoms with E-state index in [-0.39, 0.29) is 37.5 Å². The lowest BCUT2D eigenvalue weighted by molar-refractivity contribution is -0.121. The zero-order valence-electron chi connectivity index (χ0n) is 13.0. The lowest BCUT2D eigenvalue weighted by atomic mass is 10.2. The van der Waals surface area contributed by atoms with Gasteiger partial charge in [-0.2, -0.15) is 4.98 Å². The minimum atomic E-state index is -0.123. The first-order valence-electron chi connectivity index (χ1n) is 7.18. The van der Waals surface area contributed by atoms with Crippen LogP contribution in [0.3, 0.4) is 0 Å². The molecule has 0 spiro atoms. The van der Waals surface area contributed by atoms with Crippen LogP contribution in [0.2, 0.25) is 0 Å². The van der Waals surface area contributed by atoms with E-state index in [4.69, 9.17) is 9.26 Å². The fourth-order valence-electron chi connectivity index (χ4n) is 2.28. The summed E-state index contributed by atoms with van der Waals surface area (Å²) in [5.74, 6) is 1.61. The van der Waals surface area contributed by atoms with Gasteiger partial charge in [0.2, 0.25) is 5.89 Å². The smallest absolute Gasteiger partial charge is 0.265 e. The quantitative estimate of drug-likeness (QED) is 0.891. The third-order valence-corrected chi connectivity index (χ3v) is 3.59. The number of para-hydroxylation sites is 2. The van der Waals surface area contributed by atoms with Crippen LogP contribution >= 0.6 is 12.4 Å². The molecule has 1 aromatic carbocycles. The first kappa shape index (κ1) is 17.2. The topological polar surface area (TPSA) is 80.5 Å². The molecule has 1 aromatic heterocycles. The molecule has 7 nitrogen and oxygen atoms in total. The molecule has 23 heavy (non-hydrogen) atoms. The Morgan fingerprint density at radius 1 is 1.39 bits per heavy atom. The summed E-state index contributed by atoms with van der Waals surface area (Å²) in [5.41, 5.74) is 0.724. The van der Waals surface area contributed by atoms with E-state index in [0.29, 0.717) is 23.9 Å². The van der Waals surface area contributed by atoms with Gasteiger partial charge in [0.15, 0.2) is 12.4 Å². The van der Waals surface area contributed by atoms with Crippen LogP contribution in [0.15, 0.2) is 28.8 Å². The molecule has 0 saturated heterocycles. The summed E-state index contributed by atoms with van der Waals surface area (Å²) in [6, 6.07) is 7.67. The summed E-state index contributed by atoms with van der Waals surface area (Å²) >= 11 is 0. The van der Waals surface area contributed by atoms with Crippen molar-refractivity contribution in [1.82, 2.24) is 15.5 Å². The predicted octanol–water partition coefficient (Wildman–Crippen LogP) is 1.57.